The molecule has 5 nitrogen and oxygen atoms in total. The molecule has 0 aromatic heterocycles. The van der Waals surface area contributed by atoms with Crippen LogP contribution in [0.2, 0.25) is 0 Å². The predicted molar refractivity (Wildman–Crippen MR) is 76.9 cm³/mol. The molecular formula is C15H21FN2O3. The summed E-state index contributed by atoms with van der Waals surface area (Å²) in [6.45, 7) is 4.06. The number of carbonyl (C=O) groups is 2. The van der Waals surface area contributed by atoms with Gasteiger partial charge in [0.1, 0.15) is 11.9 Å². The van der Waals surface area contributed by atoms with Crippen LogP contribution in [0.1, 0.15) is 19.4 Å². The van der Waals surface area contributed by atoms with Crippen LogP contribution in [0.15, 0.2) is 24.3 Å². The number of ether oxygens (including phenoxy) is 1. The van der Waals surface area contributed by atoms with Crippen molar-refractivity contribution < 1.29 is 18.7 Å². The van der Waals surface area contributed by atoms with Crippen LogP contribution in [-0.4, -0.2) is 31.6 Å². The third-order valence-electron chi connectivity index (χ3n) is 3.01. The molecular weight excluding hydrogens is 275 g/mol. The minimum absolute atomic E-state index is 0.0130. The lowest BCUT2D eigenvalue weighted by atomic mass is 10.0. The van der Waals surface area contributed by atoms with Gasteiger partial charge in [-0.25, -0.2) is 4.39 Å². The Hall–Kier alpha value is -1.95. The van der Waals surface area contributed by atoms with Crippen LogP contribution in [0.5, 0.6) is 0 Å². The summed E-state index contributed by atoms with van der Waals surface area (Å²) < 4.78 is 17.4. The Morgan fingerprint density at radius 3 is 2.38 bits per heavy atom. The Balaban J connectivity index is 2.39. The van der Waals surface area contributed by atoms with Crippen LogP contribution in [0.3, 0.4) is 0 Å². The highest BCUT2D eigenvalue weighted by Gasteiger charge is 2.22. The van der Waals surface area contributed by atoms with E-state index in [9.17, 15) is 14.0 Å². The molecule has 1 unspecified atom stereocenters. The second-order valence-corrected chi connectivity index (χ2v) is 5.03. The summed E-state index contributed by atoms with van der Waals surface area (Å²) in [7, 11) is 1.31. The molecule has 0 bridgehead atoms. The first-order valence-electron chi connectivity index (χ1n) is 6.76. The van der Waals surface area contributed by atoms with Crippen LogP contribution in [0.25, 0.3) is 0 Å². The second-order valence-electron chi connectivity index (χ2n) is 5.03. The molecule has 0 spiro atoms. The fourth-order valence-corrected chi connectivity index (χ4v) is 1.79. The van der Waals surface area contributed by atoms with Gasteiger partial charge < -0.3 is 10.1 Å². The summed E-state index contributed by atoms with van der Waals surface area (Å²) in [4.78, 5) is 23.2. The maximum Gasteiger partial charge on any atom is 0.323 e. The van der Waals surface area contributed by atoms with Crippen LogP contribution in [0, 0.1) is 11.7 Å². The zero-order chi connectivity index (χ0) is 15.8. The van der Waals surface area contributed by atoms with Crippen molar-refractivity contribution in [2.75, 3.05) is 13.7 Å². The number of rotatable bonds is 7. The Bertz CT molecular complexity index is 474. The monoisotopic (exact) mass is 296 g/mol. The van der Waals surface area contributed by atoms with Crippen molar-refractivity contribution in [1.82, 2.24) is 10.6 Å². The van der Waals surface area contributed by atoms with E-state index in [-0.39, 0.29) is 24.2 Å². The largest absolute Gasteiger partial charge is 0.468 e. The quantitative estimate of drug-likeness (QED) is 0.743. The van der Waals surface area contributed by atoms with Crippen LogP contribution in [-0.2, 0) is 20.9 Å². The number of hydrogen-bond donors (Lipinski definition) is 2. The highest BCUT2D eigenvalue weighted by atomic mass is 19.1. The van der Waals surface area contributed by atoms with Crippen molar-refractivity contribution in [1.29, 1.82) is 0 Å². The average Bonchev–Trinajstić information content (AvgIpc) is 2.46. The number of esters is 1. The molecule has 1 amide bonds. The Morgan fingerprint density at radius 1 is 1.24 bits per heavy atom. The SMILES string of the molecule is COC(=O)C(NCC(=O)NCc1ccc(F)cc1)C(C)C. The molecule has 0 aliphatic rings. The Labute approximate surface area is 123 Å². The van der Waals surface area contributed by atoms with Gasteiger partial charge in [-0.1, -0.05) is 26.0 Å². The van der Waals surface area contributed by atoms with E-state index in [1.165, 1.54) is 19.2 Å². The van der Waals surface area contributed by atoms with Gasteiger partial charge in [0.15, 0.2) is 0 Å². The lowest BCUT2D eigenvalue weighted by molar-refractivity contribution is -0.144. The van der Waals surface area contributed by atoms with Crippen molar-refractivity contribution in [3.05, 3.63) is 35.6 Å². The van der Waals surface area contributed by atoms with E-state index in [1.54, 1.807) is 12.1 Å². The third kappa shape index (κ3) is 5.91. The summed E-state index contributed by atoms with van der Waals surface area (Å²) in [5.74, 6) is -0.933. The number of amides is 1. The molecule has 0 aliphatic carbocycles. The van der Waals surface area contributed by atoms with Gasteiger partial charge in [0.25, 0.3) is 0 Å². The lowest BCUT2D eigenvalue weighted by Crippen LogP contribution is -2.46. The van der Waals surface area contributed by atoms with Crippen molar-refractivity contribution >= 4 is 11.9 Å². The molecule has 1 rings (SSSR count). The van der Waals surface area contributed by atoms with E-state index in [0.29, 0.717) is 6.54 Å². The van der Waals surface area contributed by atoms with Gasteiger partial charge in [0.05, 0.1) is 13.7 Å². The van der Waals surface area contributed by atoms with Gasteiger partial charge in [-0.05, 0) is 23.6 Å². The van der Waals surface area contributed by atoms with Gasteiger partial charge in [-0.2, -0.15) is 0 Å². The molecule has 1 aromatic rings. The van der Waals surface area contributed by atoms with Crippen LogP contribution < -0.4 is 10.6 Å². The normalized spacial score (nSPS) is 12.0. The first kappa shape index (κ1) is 17.1. The topological polar surface area (TPSA) is 67.4 Å². The van der Waals surface area contributed by atoms with Crippen molar-refractivity contribution in [3.8, 4) is 0 Å². The number of halogens is 1. The molecule has 1 atom stereocenters. The fraction of sp³-hybridized carbons (Fsp3) is 0.467. The molecule has 0 radical (unpaired) electrons. The summed E-state index contributed by atoms with van der Waals surface area (Å²) >= 11 is 0. The Morgan fingerprint density at radius 2 is 1.86 bits per heavy atom. The number of hydrogen-bond acceptors (Lipinski definition) is 4. The molecule has 0 fully saturated rings. The van der Waals surface area contributed by atoms with Gasteiger partial charge in [0, 0.05) is 6.54 Å². The highest BCUT2D eigenvalue weighted by molar-refractivity contribution is 5.80. The Kier molecular flexibility index (Phi) is 6.81. The molecule has 0 heterocycles. The molecule has 0 aliphatic heterocycles. The lowest BCUT2D eigenvalue weighted by Gasteiger charge is -2.19. The zero-order valence-corrected chi connectivity index (χ0v) is 12.5. The van der Waals surface area contributed by atoms with E-state index >= 15 is 0 Å². The van der Waals surface area contributed by atoms with Crippen LogP contribution in [0.4, 0.5) is 4.39 Å². The van der Waals surface area contributed by atoms with E-state index in [0.717, 1.165) is 5.56 Å². The molecule has 2 N–H and O–H groups in total. The van der Waals surface area contributed by atoms with E-state index < -0.39 is 12.0 Å². The van der Waals surface area contributed by atoms with E-state index in [2.05, 4.69) is 15.4 Å². The maximum absolute atomic E-state index is 12.7. The van der Waals surface area contributed by atoms with Gasteiger partial charge in [0.2, 0.25) is 5.91 Å². The fourth-order valence-electron chi connectivity index (χ4n) is 1.79. The maximum atomic E-state index is 12.7. The van der Waals surface area contributed by atoms with Gasteiger partial charge >= 0.3 is 5.97 Å². The number of carbonyl (C=O) groups excluding carboxylic acids is 2. The van der Waals surface area contributed by atoms with Gasteiger partial charge in [-0.3, -0.25) is 14.9 Å². The summed E-state index contributed by atoms with van der Waals surface area (Å²) in [5, 5.41) is 5.56. The van der Waals surface area contributed by atoms with Crippen molar-refractivity contribution in [2.45, 2.75) is 26.4 Å². The first-order chi connectivity index (χ1) is 9.93. The molecule has 0 saturated carbocycles. The first-order valence-corrected chi connectivity index (χ1v) is 6.76. The highest BCUT2D eigenvalue weighted by Crippen LogP contribution is 2.03. The summed E-state index contributed by atoms with van der Waals surface area (Å²) in [6.07, 6.45) is 0. The van der Waals surface area contributed by atoms with Crippen molar-refractivity contribution in [3.63, 3.8) is 0 Å². The van der Waals surface area contributed by atoms with E-state index in [4.69, 9.17) is 0 Å². The van der Waals surface area contributed by atoms with Crippen molar-refractivity contribution in [2.24, 2.45) is 5.92 Å². The zero-order valence-electron chi connectivity index (χ0n) is 12.5. The smallest absolute Gasteiger partial charge is 0.323 e. The summed E-state index contributed by atoms with van der Waals surface area (Å²) in [5.41, 5.74) is 0.804. The minimum atomic E-state index is -0.522. The molecule has 6 heteroatoms. The minimum Gasteiger partial charge on any atom is -0.468 e. The van der Waals surface area contributed by atoms with E-state index in [1.807, 2.05) is 13.8 Å². The molecule has 0 saturated heterocycles. The third-order valence-corrected chi connectivity index (χ3v) is 3.01. The number of methoxy groups -OCH3 is 1. The standard InChI is InChI=1S/C15H21FN2O3/c1-10(2)14(15(20)21-3)18-9-13(19)17-8-11-4-6-12(16)7-5-11/h4-7,10,14,18H,8-9H2,1-3H3,(H,17,19). The molecule has 1 aromatic carbocycles. The van der Waals surface area contributed by atoms with Crippen LogP contribution >= 0.6 is 0 Å². The second kappa shape index (κ2) is 8.36. The van der Waals surface area contributed by atoms with Gasteiger partial charge in [-0.15, -0.1) is 0 Å². The number of nitrogens with one attached hydrogen (secondary N) is 2. The molecule has 21 heavy (non-hydrogen) atoms. The summed E-state index contributed by atoms with van der Waals surface area (Å²) in [6, 6.07) is 5.37. The number of benzene rings is 1. The molecule has 116 valence electrons. The predicted octanol–water partition coefficient (Wildman–Crippen LogP) is 1.23. The average molecular weight is 296 g/mol.